The number of nitrogens with zero attached hydrogens (tertiary/aromatic N) is 2. The fraction of sp³-hybridized carbons (Fsp3) is 0.667. The van der Waals surface area contributed by atoms with Crippen LogP contribution < -0.4 is 0 Å². The predicted octanol–water partition coefficient (Wildman–Crippen LogP) is 1.97. The maximum absolute atomic E-state index is 11.8. The van der Waals surface area contributed by atoms with Crippen LogP contribution in [0.1, 0.15) is 35.7 Å². The molecule has 5 heteroatoms. The van der Waals surface area contributed by atoms with E-state index in [2.05, 4.69) is 9.80 Å². The van der Waals surface area contributed by atoms with E-state index in [4.69, 9.17) is 0 Å². The molecule has 0 aliphatic carbocycles. The van der Waals surface area contributed by atoms with Gasteiger partial charge >= 0.3 is 5.97 Å². The first-order valence-corrected chi connectivity index (χ1v) is 8.42. The average Bonchev–Trinajstić information content (AvgIpc) is 3.12. The van der Waals surface area contributed by atoms with E-state index in [1.54, 1.807) is 11.3 Å². The van der Waals surface area contributed by atoms with E-state index in [-0.39, 0.29) is 0 Å². The zero-order valence-electron chi connectivity index (χ0n) is 11.5. The first-order valence-electron chi connectivity index (χ1n) is 7.54. The van der Waals surface area contributed by atoms with E-state index in [1.165, 1.54) is 24.3 Å². The number of thiophene rings is 1. The van der Waals surface area contributed by atoms with Crippen molar-refractivity contribution < 1.29 is 9.90 Å². The summed E-state index contributed by atoms with van der Waals surface area (Å²) in [6.07, 6.45) is 4.66. The Labute approximate surface area is 123 Å². The number of hydrogen-bond donors (Lipinski definition) is 1. The highest BCUT2D eigenvalue weighted by atomic mass is 32.1. The lowest BCUT2D eigenvalue weighted by atomic mass is 9.94. The Hall–Kier alpha value is -0.910. The monoisotopic (exact) mass is 292 g/mol. The summed E-state index contributed by atoms with van der Waals surface area (Å²) in [6, 6.07) is 2.63. The summed E-state index contributed by atoms with van der Waals surface area (Å²) in [5.74, 6) is -0.680. The van der Waals surface area contributed by atoms with Gasteiger partial charge < -0.3 is 5.11 Å². The van der Waals surface area contributed by atoms with E-state index in [1.807, 2.05) is 11.4 Å². The number of carboxylic acid groups (broad SMARTS) is 1. The number of fused-ring (bicyclic) bond motifs is 2. The fourth-order valence-electron chi connectivity index (χ4n) is 4.41. The van der Waals surface area contributed by atoms with Gasteiger partial charge in [0, 0.05) is 30.1 Å². The normalized spacial score (nSPS) is 34.1. The molecule has 108 valence electrons. The van der Waals surface area contributed by atoms with Gasteiger partial charge in [0.2, 0.25) is 0 Å². The zero-order valence-corrected chi connectivity index (χ0v) is 12.3. The van der Waals surface area contributed by atoms with Crippen molar-refractivity contribution in [1.82, 2.24) is 9.80 Å². The zero-order chi connectivity index (χ0) is 13.7. The van der Waals surface area contributed by atoms with Crippen molar-refractivity contribution in [1.29, 1.82) is 0 Å². The largest absolute Gasteiger partial charge is 0.480 e. The minimum atomic E-state index is -0.680. The SMILES string of the molecule is O=C(O)C1c2ccsc2CCN1C1CCN2CCCC12. The van der Waals surface area contributed by atoms with Gasteiger partial charge in [-0.2, -0.15) is 0 Å². The summed E-state index contributed by atoms with van der Waals surface area (Å²) in [5.41, 5.74) is 1.05. The molecule has 4 nitrogen and oxygen atoms in total. The Balaban J connectivity index is 1.66. The molecule has 4 rings (SSSR count). The molecule has 3 unspecified atom stereocenters. The maximum Gasteiger partial charge on any atom is 0.325 e. The van der Waals surface area contributed by atoms with Crippen molar-refractivity contribution in [3.8, 4) is 0 Å². The van der Waals surface area contributed by atoms with Crippen LogP contribution in [0.25, 0.3) is 0 Å². The molecule has 2 saturated heterocycles. The van der Waals surface area contributed by atoms with Crippen LogP contribution in [0.2, 0.25) is 0 Å². The number of carbonyl (C=O) groups is 1. The second-order valence-electron chi connectivity index (χ2n) is 6.13. The Morgan fingerprint density at radius 1 is 1.25 bits per heavy atom. The third-order valence-electron chi connectivity index (χ3n) is 5.23. The van der Waals surface area contributed by atoms with Crippen molar-refractivity contribution in [3.05, 3.63) is 21.9 Å². The van der Waals surface area contributed by atoms with Gasteiger partial charge in [-0.25, -0.2) is 0 Å². The third-order valence-corrected chi connectivity index (χ3v) is 6.23. The van der Waals surface area contributed by atoms with Crippen LogP contribution >= 0.6 is 11.3 Å². The van der Waals surface area contributed by atoms with Crippen molar-refractivity contribution in [2.24, 2.45) is 0 Å². The molecule has 1 N–H and O–H groups in total. The van der Waals surface area contributed by atoms with Gasteiger partial charge in [-0.15, -0.1) is 11.3 Å². The third kappa shape index (κ3) is 1.84. The van der Waals surface area contributed by atoms with E-state index in [0.29, 0.717) is 12.1 Å². The van der Waals surface area contributed by atoms with Gasteiger partial charge in [0.05, 0.1) is 0 Å². The van der Waals surface area contributed by atoms with E-state index in [9.17, 15) is 9.90 Å². The van der Waals surface area contributed by atoms with E-state index >= 15 is 0 Å². The van der Waals surface area contributed by atoms with Crippen LogP contribution in [-0.2, 0) is 11.2 Å². The molecule has 0 amide bonds. The lowest BCUT2D eigenvalue weighted by Gasteiger charge is -2.39. The number of rotatable bonds is 2. The van der Waals surface area contributed by atoms with Crippen molar-refractivity contribution in [2.75, 3.05) is 19.6 Å². The highest BCUT2D eigenvalue weighted by molar-refractivity contribution is 7.10. The van der Waals surface area contributed by atoms with Crippen LogP contribution in [0.3, 0.4) is 0 Å². The van der Waals surface area contributed by atoms with Crippen LogP contribution in [0.4, 0.5) is 0 Å². The summed E-state index contributed by atoms with van der Waals surface area (Å²) in [5, 5.41) is 11.8. The molecule has 3 atom stereocenters. The second kappa shape index (κ2) is 4.83. The summed E-state index contributed by atoms with van der Waals surface area (Å²) < 4.78 is 0. The molecular formula is C15H20N2O2S. The van der Waals surface area contributed by atoms with Crippen LogP contribution in [0.5, 0.6) is 0 Å². The minimum Gasteiger partial charge on any atom is -0.480 e. The Morgan fingerprint density at radius 2 is 2.15 bits per heavy atom. The molecule has 20 heavy (non-hydrogen) atoms. The minimum absolute atomic E-state index is 0.421. The topological polar surface area (TPSA) is 43.8 Å². The molecule has 4 heterocycles. The van der Waals surface area contributed by atoms with Crippen LogP contribution in [0.15, 0.2) is 11.4 Å². The molecule has 1 aromatic rings. The standard InChI is InChI=1S/C15H20N2O2S/c18-15(19)14-10-5-9-20-13(10)4-8-17(14)12-3-7-16-6-1-2-11(12)16/h5,9,11-12,14H,1-4,6-8H2,(H,18,19). The average molecular weight is 292 g/mol. The smallest absolute Gasteiger partial charge is 0.325 e. The van der Waals surface area contributed by atoms with Gasteiger partial charge in [0.15, 0.2) is 0 Å². The quantitative estimate of drug-likeness (QED) is 0.905. The molecule has 0 spiro atoms. The van der Waals surface area contributed by atoms with Crippen LogP contribution in [-0.4, -0.2) is 52.6 Å². The fourth-order valence-corrected chi connectivity index (χ4v) is 5.31. The van der Waals surface area contributed by atoms with Crippen molar-refractivity contribution >= 4 is 17.3 Å². The van der Waals surface area contributed by atoms with Gasteiger partial charge in [-0.1, -0.05) is 0 Å². The lowest BCUT2D eigenvalue weighted by molar-refractivity contribution is -0.145. The Bertz CT molecular complexity index is 530. The highest BCUT2D eigenvalue weighted by Crippen LogP contribution is 2.40. The summed E-state index contributed by atoms with van der Waals surface area (Å²) >= 11 is 1.71. The molecule has 3 aliphatic heterocycles. The maximum atomic E-state index is 11.8. The Morgan fingerprint density at radius 3 is 3.00 bits per heavy atom. The molecule has 2 fully saturated rings. The first kappa shape index (κ1) is 12.8. The highest BCUT2D eigenvalue weighted by Gasteiger charge is 2.45. The van der Waals surface area contributed by atoms with Gasteiger partial charge in [-0.3, -0.25) is 14.6 Å². The number of carboxylic acids is 1. The van der Waals surface area contributed by atoms with E-state index in [0.717, 1.165) is 31.5 Å². The summed E-state index contributed by atoms with van der Waals surface area (Å²) in [7, 11) is 0. The van der Waals surface area contributed by atoms with Gasteiger partial charge in [-0.05, 0) is 49.2 Å². The summed E-state index contributed by atoms with van der Waals surface area (Å²) in [4.78, 5) is 17.9. The second-order valence-corrected chi connectivity index (χ2v) is 7.13. The van der Waals surface area contributed by atoms with Crippen LogP contribution in [0, 0.1) is 0 Å². The van der Waals surface area contributed by atoms with E-state index < -0.39 is 12.0 Å². The Kier molecular flexibility index (Phi) is 3.09. The molecule has 0 bridgehead atoms. The van der Waals surface area contributed by atoms with Crippen molar-refractivity contribution in [2.45, 2.75) is 43.8 Å². The molecule has 0 saturated carbocycles. The molecular weight excluding hydrogens is 272 g/mol. The molecule has 0 radical (unpaired) electrons. The summed E-state index contributed by atoms with van der Waals surface area (Å²) in [6.45, 7) is 3.25. The number of aliphatic carboxylic acids is 1. The predicted molar refractivity (Wildman–Crippen MR) is 78.1 cm³/mol. The molecule has 1 aromatic heterocycles. The van der Waals surface area contributed by atoms with Gasteiger partial charge in [0.1, 0.15) is 6.04 Å². The lowest BCUT2D eigenvalue weighted by Crippen LogP contribution is -2.49. The molecule has 3 aliphatic rings. The first-order chi connectivity index (χ1) is 9.75. The molecule has 0 aromatic carbocycles. The van der Waals surface area contributed by atoms with Crippen molar-refractivity contribution in [3.63, 3.8) is 0 Å². The van der Waals surface area contributed by atoms with Gasteiger partial charge in [0.25, 0.3) is 0 Å². The number of hydrogen-bond acceptors (Lipinski definition) is 4.